The highest BCUT2D eigenvalue weighted by Gasteiger charge is 2.43. The maximum atomic E-state index is 11.1. The molecule has 0 aromatic rings. The molecule has 1 N–H and O–H groups in total. The molecule has 0 heterocycles. The Labute approximate surface area is 86.7 Å². The van der Waals surface area contributed by atoms with Crippen molar-refractivity contribution in [3.8, 4) is 0 Å². The van der Waals surface area contributed by atoms with Crippen LogP contribution in [0.4, 0.5) is 0 Å². The number of aliphatic carboxylic acids is 1. The molecule has 1 rings (SSSR count). The first-order chi connectivity index (χ1) is 6.36. The zero-order chi connectivity index (χ0) is 10.8. The van der Waals surface area contributed by atoms with E-state index in [0.29, 0.717) is 5.41 Å². The van der Waals surface area contributed by atoms with Crippen molar-refractivity contribution in [2.75, 3.05) is 0 Å². The van der Waals surface area contributed by atoms with Crippen LogP contribution in [0.15, 0.2) is 0 Å². The number of rotatable bonds is 4. The van der Waals surface area contributed by atoms with Crippen LogP contribution in [-0.4, -0.2) is 11.1 Å². The molecular formula is C12H22O2. The van der Waals surface area contributed by atoms with Gasteiger partial charge in [-0.3, -0.25) is 4.79 Å². The Morgan fingerprint density at radius 3 is 2.21 bits per heavy atom. The van der Waals surface area contributed by atoms with Crippen LogP contribution in [0.1, 0.15) is 59.3 Å². The van der Waals surface area contributed by atoms with Gasteiger partial charge in [0.25, 0.3) is 0 Å². The second-order valence-electron chi connectivity index (χ2n) is 5.85. The van der Waals surface area contributed by atoms with Gasteiger partial charge < -0.3 is 5.11 Å². The summed E-state index contributed by atoms with van der Waals surface area (Å²) in [4.78, 5) is 11.1. The van der Waals surface area contributed by atoms with Crippen LogP contribution in [0.2, 0.25) is 0 Å². The van der Waals surface area contributed by atoms with E-state index in [-0.39, 0.29) is 5.41 Å². The number of hydrogen-bond acceptors (Lipinski definition) is 1. The van der Waals surface area contributed by atoms with Crippen molar-refractivity contribution in [2.24, 2.45) is 10.8 Å². The Kier molecular flexibility index (Phi) is 3.23. The topological polar surface area (TPSA) is 37.3 Å². The highest BCUT2D eigenvalue weighted by atomic mass is 16.4. The lowest BCUT2D eigenvalue weighted by atomic mass is 9.65. The Morgan fingerprint density at radius 1 is 1.36 bits per heavy atom. The summed E-state index contributed by atoms with van der Waals surface area (Å²) in [5, 5.41) is 9.11. The molecule has 1 fully saturated rings. The molecule has 0 saturated heterocycles. The summed E-state index contributed by atoms with van der Waals surface area (Å²) in [6.07, 6.45) is 5.94. The third-order valence-corrected chi connectivity index (χ3v) is 3.35. The molecule has 0 bridgehead atoms. The van der Waals surface area contributed by atoms with E-state index in [0.717, 1.165) is 38.5 Å². The van der Waals surface area contributed by atoms with Gasteiger partial charge in [0.15, 0.2) is 0 Å². The standard InChI is InChI=1S/C12H22O2/c1-11(2,3)6-4-7-12(10(13)14)8-5-9-12/h4-9H2,1-3H3,(H,13,14). The summed E-state index contributed by atoms with van der Waals surface area (Å²) < 4.78 is 0. The van der Waals surface area contributed by atoms with Gasteiger partial charge in [-0.25, -0.2) is 0 Å². The van der Waals surface area contributed by atoms with E-state index in [1.54, 1.807) is 0 Å². The molecule has 0 amide bonds. The average Bonchev–Trinajstić information content (AvgIpc) is 1.91. The molecule has 2 heteroatoms. The zero-order valence-electron chi connectivity index (χ0n) is 9.60. The quantitative estimate of drug-likeness (QED) is 0.751. The summed E-state index contributed by atoms with van der Waals surface area (Å²) >= 11 is 0. The SMILES string of the molecule is CC(C)(C)CCCC1(C(=O)O)CCC1. The Bertz CT molecular complexity index is 209. The molecule has 0 radical (unpaired) electrons. The van der Waals surface area contributed by atoms with Gasteiger partial charge in [-0.1, -0.05) is 33.6 Å². The highest BCUT2D eigenvalue weighted by Crippen LogP contribution is 2.45. The Hall–Kier alpha value is -0.530. The van der Waals surface area contributed by atoms with Crippen molar-refractivity contribution in [3.63, 3.8) is 0 Å². The van der Waals surface area contributed by atoms with Crippen LogP contribution in [-0.2, 0) is 4.79 Å². The van der Waals surface area contributed by atoms with Crippen LogP contribution >= 0.6 is 0 Å². The Morgan fingerprint density at radius 2 is 1.93 bits per heavy atom. The van der Waals surface area contributed by atoms with Crippen molar-refractivity contribution in [3.05, 3.63) is 0 Å². The maximum absolute atomic E-state index is 11.1. The molecule has 14 heavy (non-hydrogen) atoms. The van der Waals surface area contributed by atoms with E-state index < -0.39 is 5.97 Å². The van der Waals surface area contributed by atoms with E-state index in [1.807, 2.05) is 0 Å². The van der Waals surface area contributed by atoms with Crippen LogP contribution in [0, 0.1) is 10.8 Å². The number of hydrogen-bond donors (Lipinski definition) is 1. The largest absolute Gasteiger partial charge is 0.481 e. The van der Waals surface area contributed by atoms with Crippen molar-refractivity contribution >= 4 is 5.97 Å². The Balaban J connectivity index is 2.33. The van der Waals surface area contributed by atoms with Gasteiger partial charge in [0.1, 0.15) is 0 Å². The molecule has 0 unspecified atom stereocenters. The lowest BCUT2D eigenvalue weighted by Gasteiger charge is -2.38. The lowest BCUT2D eigenvalue weighted by molar-refractivity contribution is -0.155. The lowest BCUT2D eigenvalue weighted by Crippen LogP contribution is -2.37. The van der Waals surface area contributed by atoms with Gasteiger partial charge >= 0.3 is 5.97 Å². The monoisotopic (exact) mass is 198 g/mol. The molecule has 0 aromatic carbocycles. The van der Waals surface area contributed by atoms with Gasteiger partial charge in [0.05, 0.1) is 5.41 Å². The number of carbonyl (C=O) groups is 1. The zero-order valence-corrected chi connectivity index (χ0v) is 9.60. The first-order valence-electron chi connectivity index (χ1n) is 5.59. The van der Waals surface area contributed by atoms with E-state index in [9.17, 15) is 4.79 Å². The van der Waals surface area contributed by atoms with Gasteiger partial charge in [0, 0.05) is 0 Å². The van der Waals surface area contributed by atoms with E-state index in [1.165, 1.54) is 0 Å². The molecular weight excluding hydrogens is 176 g/mol. The molecule has 0 spiro atoms. The predicted molar refractivity (Wildman–Crippen MR) is 57.2 cm³/mol. The molecule has 1 saturated carbocycles. The maximum Gasteiger partial charge on any atom is 0.309 e. The van der Waals surface area contributed by atoms with Crippen molar-refractivity contribution in [1.82, 2.24) is 0 Å². The van der Waals surface area contributed by atoms with Crippen LogP contribution in [0.3, 0.4) is 0 Å². The fourth-order valence-electron chi connectivity index (χ4n) is 2.13. The molecule has 0 aliphatic heterocycles. The van der Waals surface area contributed by atoms with E-state index in [2.05, 4.69) is 20.8 Å². The minimum atomic E-state index is -0.572. The number of carboxylic acid groups (broad SMARTS) is 1. The summed E-state index contributed by atoms with van der Waals surface area (Å²) in [6.45, 7) is 6.63. The smallest absolute Gasteiger partial charge is 0.309 e. The third kappa shape index (κ3) is 2.73. The summed E-state index contributed by atoms with van der Waals surface area (Å²) in [5.41, 5.74) is -0.00527. The first-order valence-corrected chi connectivity index (χ1v) is 5.59. The van der Waals surface area contributed by atoms with Crippen LogP contribution in [0.5, 0.6) is 0 Å². The fraction of sp³-hybridized carbons (Fsp3) is 0.917. The minimum Gasteiger partial charge on any atom is -0.481 e. The molecule has 1 aliphatic carbocycles. The molecule has 82 valence electrons. The average molecular weight is 198 g/mol. The number of carboxylic acids is 1. The predicted octanol–water partition coefficient (Wildman–Crippen LogP) is 3.46. The van der Waals surface area contributed by atoms with Gasteiger partial charge in [-0.2, -0.15) is 0 Å². The summed E-state index contributed by atoms with van der Waals surface area (Å²) in [7, 11) is 0. The van der Waals surface area contributed by atoms with E-state index in [4.69, 9.17) is 5.11 Å². The normalized spacial score (nSPS) is 20.2. The van der Waals surface area contributed by atoms with Gasteiger partial charge in [0.2, 0.25) is 0 Å². The molecule has 0 aromatic heterocycles. The van der Waals surface area contributed by atoms with Crippen molar-refractivity contribution < 1.29 is 9.90 Å². The third-order valence-electron chi connectivity index (χ3n) is 3.35. The minimum absolute atomic E-state index is 0.337. The molecule has 1 aliphatic rings. The van der Waals surface area contributed by atoms with Gasteiger partial charge in [-0.05, 0) is 31.1 Å². The molecule has 0 atom stereocenters. The molecule has 2 nitrogen and oxygen atoms in total. The highest BCUT2D eigenvalue weighted by molar-refractivity contribution is 5.75. The fourth-order valence-corrected chi connectivity index (χ4v) is 2.13. The van der Waals surface area contributed by atoms with Crippen molar-refractivity contribution in [1.29, 1.82) is 0 Å². The van der Waals surface area contributed by atoms with E-state index >= 15 is 0 Å². The first kappa shape index (κ1) is 11.5. The summed E-state index contributed by atoms with van der Waals surface area (Å²) in [6, 6.07) is 0. The second-order valence-corrected chi connectivity index (χ2v) is 5.85. The van der Waals surface area contributed by atoms with Crippen molar-refractivity contribution in [2.45, 2.75) is 59.3 Å². The second kappa shape index (κ2) is 3.92. The summed E-state index contributed by atoms with van der Waals surface area (Å²) in [5.74, 6) is -0.572. The van der Waals surface area contributed by atoms with Crippen LogP contribution < -0.4 is 0 Å². The van der Waals surface area contributed by atoms with Gasteiger partial charge in [-0.15, -0.1) is 0 Å². The van der Waals surface area contributed by atoms with Crippen LogP contribution in [0.25, 0.3) is 0 Å².